The molecule has 0 aliphatic heterocycles. The van der Waals surface area contributed by atoms with Gasteiger partial charge in [0.05, 0.1) is 14.2 Å². The Kier molecular flexibility index (Phi) is 3.72. The molecule has 3 nitrogen and oxygen atoms in total. The van der Waals surface area contributed by atoms with Gasteiger partial charge in [-0.2, -0.15) is 0 Å². The largest absolute Gasteiger partial charge is 0.493 e. The molecule has 106 valence electrons. The Labute approximate surface area is 113 Å². The van der Waals surface area contributed by atoms with Gasteiger partial charge in [0.2, 0.25) is 0 Å². The number of hydrogen-bond donors (Lipinski definition) is 1. The van der Waals surface area contributed by atoms with Crippen LogP contribution in [-0.2, 0) is 6.42 Å². The summed E-state index contributed by atoms with van der Waals surface area (Å²) in [6.45, 7) is 4.33. The quantitative estimate of drug-likeness (QED) is 0.837. The smallest absolute Gasteiger partial charge is 0.165 e. The molecule has 0 fully saturated rings. The summed E-state index contributed by atoms with van der Waals surface area (Å²) in [5.74, 6) is 0.735. The summed E-state index contributed by atoms with van der Waals surface area (Å²) < 4.78 is 24.9. The second-order valence-electron chi connectivity index (χ2n) is 5.96. The first-order valence-corrected chi connectivity index (χ1v) is 6.58. The highest BCUT2D eigenvalue weighted by atomic mass is 19.1. The Hall–Kier alpha value is -1.29. The van der Waals surface area contributed by atoms with Gasteiger partial charge in [-0.05, 0) is 30.2 Å². The zero-order valence-electron chi connectivity index (χ0n) is 12.0. The van der Waals surface area contributed by atoms with Crippen LogP contribution in [0.5, 0.6) is 11.5 Å². The Morgan fingerprint density at radius 3 is 2.58 bits per heavy atom. The molecule has 0 bridgehead atoms. The molecule has 1 aromatic rings. The molecule has 0 radical (unpaired) electrons. The van der Waals surface area contributed by atoms with Gasteiger partial charge in [0.25, 0.3) is 0 Å². The van der Waals surface area contributed by atoms with E-state index in [1.165, 1.54) is 13.2 Å². The summed E-state index contributed by atoms with van der Waals surface area (Å²) in [5, 5.41) is 0. The summed E-state index contributed by atoms with van der Waals surface area (Å²) in [4.78, 5) is 0. The van der Waals surface area contributed by atoms with E-state index < -0.39 is 0 Å². The number of nitrogens with two attached hydrogens (primary N) is 1. The van der Waals surface area contributed by atoms with Crippen molar-refractivity contribution in [2.75, 3.05) is 14.2 Å². The molecule has 1 aliphatic carbocycles. The Balaban J connectivity index is 2.62. The molecule has 2 N–H and O–H groups in total. The van der Waals surface area contributed by atoms with Crippen LogP contribution in [0, 0.1) is 11.2 Å². The van der Waals surface area contributed by atoms with Gasteiger partial charge in [-0.1, -0.05) is 13.8 Å². The van der Waals surface area contributed by atoms with Crippen LogP contribution in [0.4, 0.5) is 4.39 Å². The maximum Gasteiger partial charge on any atom is 0.165 e. The third-order valence-electron chi connectivity index (χ3n) is 3.96. The van der Waals surface area contributed by atoms with Crippen LogP contribution >= 0.6 is 0 Å². The summed E-state index contributed by atoms with van der Waals surface area (Å²) in [6.07, 6.45) is 2.41. The lowest BCUT2D eigenvalue weighted by Crippen LogP contribution is -2.20. The lowest BCUT2D eigenvalue weighted by Gasteiger charge is -2.25. The fourth-order valence-corrected chi connectivity index (χ4v) is 2.94. The average Bonchev–Trinajstić information content (AvgIpc) is 2.46. The molecule has 0 saturated carbocycles. The number of rotatable bonds is 2. The molecule has 0 amide bonds. The molecule has 1 aliphatic rings. The van der Waals surface area contributed by atoms with Gasteiger partial charge >= 0.3 is 0 Å². The van der Waals surface area contributed by atoms with E-state index in [1.807, 2.05) is 0 Å². The van der Waals surface area contributed by atoms with E-state index in [0.29, 0.717) is 23.5 Å². The first-order chi connectivity index (χ1) is 8.89. The molecule has 0 aromatic heterocycles. The minimum atomic E-state index is -0.249. The molecule has 0 heterocycles. The fraction of sp³-hybridized carbons (Fsp3) is 0.600. The topological polar surface area (TPSA) is 44.5 Å². The van der Waals surface area contributed by atoms with Gasteiger partial charge in [0, 0.05) is 17.7 Å². The standard InChI is InChI=1S/C15H22FNO2/c1-15(2)6-5-9-10(16)7-12(18-3)14(19-4)13(9)11(17)8-15/h7,11H,5-6,8,17H2,1-4H3. The van der Waals surface area contributed by atoms with Crippen LogP contribution in [-0.4, -0.2) is 14.2 Å². The molecule has 1 aromatic carbocycles. The summed E-state index contributed by atoms with van der Waals surface area (Å²) >= 11 is 0. The molecule has 1 unspecified atom stereocenters. The second kappa shape index (κ2) is 5.00. The number of fused-ring (bicyclic) bond motifs is 1. The minimum Gasteiger partial charge on any atom is -0.493 e. The minimum absolute atomic E-state index is 0.100. The Morgan fingerprint density at radius 2 is 2.00 bits per heavy atom. The van der Waals surface area contributed by atoms with Crippen molar-refractivity contribution in [2.45, 2.75) is 39.2 Å². The van der Waals surface area contributed by atoms with Crippen LogP contribution in [0.15, 0.2) is 6.07 Å². The van der Waals surface area contributed by atoms with Crippen molar-refractivity contribution in [1.29, 1.82) is 0 Å². The molecule has 0 saturated heterocycles. The number of methoxy groups -OCH3 is 2. The van der Waals surface area contributed by atoms with Crippen molar-refractivity contribution in [3.05, 3.63) is 23.0 Å². The molecular weight excluding hydrogens is 245 g/mol. The van der Waals surface area contributed by atoms with Crippen molar-refractivity contribution in [3.8, 4) is 11.5 Å². The Morgan fingerprint density at radius 1 is 1.32 bits per heavy atom. The van der Waals surface area contributed by atoms with E-state index in [-0.39, 0.29) is 17.3 Å². The highest BCUT2D eigenvalue weighted by Gasteiger charge is 2.32. The highest BCUT2D eigenvalue weighted by molar-refractivity contribution is 5.53. The van der Waals surface area contributed by atoms with E-state index >= 15 is 0 Å². The SMILES string of the molecule is COc1cc(F)c2c(c1OC)C(N)CC(C)(C)CC2. The van der Waals surface area contributed by atoms with Gasteiger partial charge in [-0.15, -0.1) is 0 Å². The van der Waals surface area contributed by atoms with Crippen LogP contribution in [0.3, 0.4) is 0 Å². The summed E-state index contributed by atoms with van der Waals surface area (Å²) in [7, 11) is 3.08. The molecule has 0 spiro atoms. The van der Waals surface area contributed by atoms with Crippen molar-refractivity contribution >= 4 is 0 Å². The lowest BCUT2D eigenvalue weighted by atomic mass is 9.83. The van der Waals surface area contributed by atoms with Gasteiger partial charge in [-0.25, -0.2) is 4.39 Å². The van der Waals surface area contributed by atoms with Crippen molar-refractivity contribution in [3.63, 3.8) is 0 Å². The van der Waals surface area contributed by atoms with Crippen molar-refractivity contribution in [1.82, 2.24) is 0 Å². The normalized spacial score (nSPS) is 21.5. The second-order valence-corrected chi connectivity index (χ2v) is 5.96. The highest BCUT2D eigenvalue weighted by Crippen LogP contribution is 2.45. The fourth-order valence-electron chi connectivity index (χ4n) is 2.94. The van der Waals surface area contributed by atoms with E-state index in [9.17, 15) is 4.39 Å². The van der Waals surface area contributed by atoms with Gasteiger partial charge < -0.3 is 15.2 Å². The van der Waals surface area contributed by atoms with Crippen LogP contribution in [0.2, 0.25) is 0 Å². The van der Waals surface area contributed by atoms with E-state index in [1.54, 1.807) is 7.11 Å². The zero-order valence-corrected chi connectivity index (χ0v) is 12.0. The third-order valence-corrected chi connectivity index (χ3v) is 3.96. The maximum atomic E-state index is 14.2. The molecule has 2 rings (SSSR count). The first-order valence-electron chi connectivity index (χ1n) is 6.58. The predicted octanol–water partition coefficient (Wildman–Crippen LogP) is 3.21. The predicted molar refractivity (Wildman–Crippen MR) is 73.2 cm³/mol. The van der Waals surface area contributed by atoms with Crippen molar-refractivity contribution in [2.24, 2.45) is 11.1 Å². The summed E-state index contributed by atoms with van der Waals surface area (Å²) in [6, 6.07) is 1.16. The number of hydrogen-bond acceptors (Lipinski definition) is 3. The molecule has 19 heavy (non-hydrogen) atoms. The number of ether oxygens (including phenoxy) is 2. The first kappa shape index (κ1) is 14.1. The van der Waals surface area contributed by atoms with Gasteiger partial charge in [0.15, 0.2) is 11.5 Å². The lowest BCUT2D eigenvalue weighted by molar-refractivity contribution is 0.290. The van der Waals surface area contributed by atoms with E-state index in [0.717, 1.165) is 18.4 Å². The monoisotopic (exact) mass is 267 g/mol. The maximum absolute atomic E-state index is 14.2. The third kappa shape index (κ3) is 2.54. The number of benzene rings is 1. The summed E-state index contributed by atoms with van der Waals surface area (Å²) in [5.41, 5.74) is 7.83. The van der Waals surface area contributed by atoms with E-state index in [2.05, 4.69) is 13.8 Å². The van der Waals surface area contributed by atoms with Gasteiger partial charge in [-0.3, -0.25) is 0 Å². The Bertz CT molecular complexity index is 486. The molecule has 4 heteroatoms. The van der Waals surface area contributed by atoms with Crippen molar-refractivity contribution < 1.29 is 13.9 Å². The van der Waals surface area contributed by atoms with E-state index in [4.69, 9.17) is 15.2 Å². The number of halogens is 1. The molecular formula is C15H22FNO2. The average molecular weight is 267 g/mol. The van der Waals surface area contributed by atoms with Gasteiger partial charge in [0.1, 0.15) is 5.82 Å². The zero-order chi connectivity index (χ0) is 14.2. The molecule has 1 atom stereocenters. The van der Waals surface area contributed by atoms with Crippen LogP contribution < -0.4 is 15.2 Å². The van der Waals surface area contributed by atoms with Crippen LogP contribution in [0.1, 0.15) is 43.9 Å². The van der Waals surface area contributed by atoms with Crippen LogP contribution in [0.25, 0.3) is 0 Å².